The number of carbonyl (C=O) groups is 1. The molecular weight excluding hydrogens is 355 g/mol. The Kier molecular flexibility index (Phi) is 4.53. The number of fused-ring (bicyclic) bond motifs is 1. The van der Waals surface area contributed by atoms with Crippen LogP contribution in [0.5, 0.6) is 11.5 Å². The second-order valence-electron chi connectivity index (χ2n) is 5.71. The summed E-state index contributed by atoms with van der Waals surface area (Å²) >= 11 is 1.32. The quantitative estimate of drug-likeness (QED) is 0.757. The Bertz CT molecular complexity index is 957. The van der Waals surface area contributed by atoms with Crippen LogP contribution >= 0.6 is 11.3 Å². The number of halogens is 1. The van der Waals surface area contributed by atoms with Gasteiger partial charge in [0.15, 0.2) is 11.5 Å². The van der Waals surface area contributed by atoms with Crippen molar-refractivity contribution >= 4 is 22.9 Å². The minimum atomic E-state index is -0.325. The van der Waals surface area contributed by atoms with Gasteiger partial charge in [0.05, 0.1) is 12.1 Å². The predicted molar refractivity (Wildman–Crippen MR) is 97.3 cm³/mol. The molecule has 4 rings (SSSR count). The van der Waals surface area contributed by atoms with Crippen LogP contribution in [0.25, 0.3) is 10.6 Å². The lowest BCUT2D eigenvalue weighted by molar-refractivity contribution is -0.115. The molecule has 0 atom stereocenters. The molecule has 2 aromatic carbocycles. The summed E-state index contributed by atoms with van der Waals surface area (Å²) in [6.45, 7) is 1.01. The first kappa shape index (κ1) is 16.5. The maximum atomic E-state index is 13.8. The summed E-state index contributed by atoms with van der Waals surface area (Å²) in [5.41, 5.74) is 1.67. The van der Waals surface area contributed by atoms with Gasteiger partial charge in [-0.25, -0.2) is 9.37 Å². The largest absolute Gasteiger partial charge is 0.486 e. The molecule has 1 N–H and O–H groups in total. The van der Waals surface area contributed by atoms with Crippen molar-refractivity contribution in [3.05, 3.63) is 59.4 Å². The van der Waals surface area contributed by atoms with E-state index in [1.165, 1.54) is 17.4 Å². The topological polar surface area (TPSA) is 60.5 Å². The molecule has 0 spiro atoms. The van der Waals surface area contributed by atoms with Gasteiger partial charge in [-0.2, -0.15) is 0 Å². The highest BCUT2D eigenvalue weighted by molar-refractivity contribution is 7.13. The van der Waals surface area contributed by atoms with E-state index in [1.54, 1.807) is 41.8 Å². The zero-order chi connectivity index (χ0) is 17.9. The number of amides is 1. The minimum absolute atomic E-state index is 0.111. The van der Waals surface area contributed by atoms with Crippen LogP contribution in [0.3, 0.4) is 0 Å². The van der Waals surface area contributed by atoms with Crippen LogP contribution in [-0.2, 0) is 11.2 Å². The summed E-state index contributed by atoms with van der Waals surface area (Å²) in [5.74, 6) is 0.758. The lowest BCUT2D eigenvalue weighted by atomic mass is 10.2. The van der Waals surface area contributed by atoms with Gasteiger partial charge >= 0.3 is 0 Å². The molecule has 1 aliphatic heterocycles. The number of anilines is 1. The number of nitrogens with zero attached hydrogens (tertiary/aromatic N) is 1. The first-order chi connectivity index (χ1) is 12.7. The lowest BCUT2D eigenvalue weighted by Crippen LogP contribution is -2.17. The van der Waals surface area contributed by atoms with E-state index in [4.69, 9.17) is 9.47 Å². The highest BCUT2D eigenvalue weighted by Crippen LogP contribution is 2.32. The van der Waals surface area contributed by atoms with Crippen molar-refractivity contribution < 1.29 is 18.7 Å². The molecule has 0 unspecified atom stereocenters. The van der Waals surface area contributed by atoms with Crippen LogP contribution in [0, 0.1) is 5.82 Å². The fourth-order valence-corrected chi connectivity index (χ4v) is 3.48. The third kappa shape index (κ3) is 3.52. The van der Waals surface area contributed by atoms with Crippen molar-refractivity contribution in [2.24, 2.45) is 0 Å². The molecule has 0 radical (unpaired) electrons. The van der Waals surface area contributed by atoms with E-state index in [0.29, 0.717) is 46.7 Å². The molecule has 5 nitrogen and oxygen atoms in total. The molecule has 1 aliphatic rings. The van der Waals surface area contributed by atoms with Crippen molar-refractivity contribution in [2.45, 2.75) is 6.42 Å². The molecule has 2 heterocycles. The first-order valence-corrected chi connectivity index (χ1v) is 8.96. The van der Waals surface area contributed by atoms with Crippen molar-refractivity contribution in [1.82, 2.24) is 4.98 Å². The summed E-state index contributed by atoms with van der Waals surface area (Å²) in [6.07, 6.45) is 0.111. The fourth-order valence-electron chi connectivity index (χ4n) is 2.64. The maximum absolute atomic E-state index is 13.8. The molecule has 7 heteroatoms. The molecule has 0 fully saturated rings. The number of hydrogen-bond donors (Lipinski definition) is 1. The van der Waals surface area contributed by atoms with E-state index >= 15 is 0 Å². The van der Waals surface area contributed by atoms with Gasteiger partial charge in [0.1, 0.15) is 24.0 Å². The normalized spacial score (nSPS) is 12.7. The SMILES string of the molecule is O=C(Cc1csc(-c2ccccc2F)n1)Nc1ccc2c(c1)OCCO2. The van der Waals surface area contributed by atoms with Crippen LogP contribution in [-0.4, -0.2) is 24.1 Å². The Morgan fingerprint density at radius 1 is 1.15 bits per heavy atom. The molecular formula is C19H15FN2O3S. The van der Waals surface area contributed by atoms with Gasteiger partial charge in [-0.05, 0) is 24.3 Å². The summed E-state index contributed by atoms with van der Waals surface area (Å²) in [6, 6.07) is 11.7. The third-order valence-corrected chi connectivity index (χ3v) is 4.75. The van der Waals surface area contributed by atoms with Crippen LogP contribution < -0.4 is 14.8 Å². The van der Waals surface area contributed by atoms with Gasteiger partial charge in [0, 0.05) is 22.7 Å². The Labute approximate surface area is 153 Å². The Hall–Kier alpha value is -2.93. The predicted octanol–water partition coefficient (Wildman–Crippen LogP) is 3.90. The number of aromatic nitrogens is 1. The monoisotopic (exact) mass is 370 g/mol. The second-order valence-corrected chi connectivity index (χ2v) is 6.57. The minimum Gasteiger partial charge on any atom is -0.486 e. The summed E-state index contributed by atoms with van der Waals surface area (Å²) in [5, 5.41) is 5.15. The molecule has 0 aliphatic carbocycles. The van der Waals surface area contributed by atoms with Crippen molar-refractivity contribution in [3.63, 3.8) is 0 Å². The van der Waals surface area contributed by atoms with Crippen LogP contribution in [0.4, 0.5) is 10.1 Å². The third-order valence-electron chi connectivity index (χ3n) is 3.82. The van der Waals surface area contributed by atoms with Gasteiger partial charge in [0.25, 0.3) is 0 Å². The van der Waals surface area contributed by atoms with Crippen LogP contribution in [0.2, 0.25) is 0 Å². The average Bonchev–Trinajstić information content (AvgIpc) is 3.10. The highest BCUT2D eigenvalue weighted by Gasteiger charge is 2.14. The van der Waals surface area contributed by atoms with Crippen LogP contribution in [0.1, 0.15) is 5.69 Å². The maximum Gasteiger partial charge on any atom is 0.230 e. The van der Waals surface area contributed by atoms with Crippen molar-refractivity contribution in [2.75, 3.05) is 18.5 Å². The van der Waals surface area contributed by atoms with E-state index in [1.807, 2.05) is 0 Å². The van der Waals surface area contributed by atoms with Gasteiger partial charge < -0.3 is 14.8 Å². The Morgan fingerprint density at radius 2 is 1.96 bits per heavy atom. The zero-order valence-corrected chi connectivity index (χ0v) is 14.5. The summed E-state index contributed by atoms with van der Waals surface area (Å²) < 4.78 is 24.8. The molecule has 132 valence electrons. The highest BCUT2D eigenvalue weighted by atomic mass is 32.1. The molecule has 26 heavy (non-hydrogen) atoms. The second kappa shape index (κ2) is 7.13. The number of thiazole rings is 1. The molecule has 0 saturated carbocycles. The lowest BCUT2D eigenvalue weighted by Gasteiger charge is -2.18. The number of ether oxygens (including phenoxy) is 2. The van der Waals surface area contributed by atoms with Gasteiger partial charge in [0.2, 0.25) is 5.91 Å². The standard InChI is InChI=1S/C19H15FN2O3S/c20-15-4-2-1-3-14(15)19-22-13(11-26-19)10-18(23)21-12-5-6-16-17(9-12)25-8-7-24-16/h1-6,9,11H,7-8,10H2,(H,21,23). The van der Waals surface area contributed by atoms with Crippen LogP contribution in [0.15, 0.2) is 47.8 Å². The molecule has 3 aromatic rings. The van der Waals surface area contributed by atoms with Gasteiger partial charge in [-0.3, -0.25) is 4.79 Å². The van der Waals surface area contributed by atoms with E-state index in [-0.39, 0.29) is 18.1 Å². The smallest absolute Gasteiger partial charge is 0.230 e. The number of hydrogen-bond acceptors (Lipinski definition) is 5. The Balaban J connectivity index is 1.43. The molecule has 0 saturated heterocycles. The van der Waals surface area contributed by atoms with Crippen molar-refractivity contribution in [3.8, 4) is 22.1 Å². The van der Waals surface area contributed by atoms with E-state index in [0.717, 1.165) is 0 Å². The van der Waals surface area contributed by atoms with E-state index < -0.39 is 0 Å². The number of nitrogens with one attached hydrogen (secondary N) is 1. The fraction of sp³-hybridized carbons (Fsp3) is 0.158. The average molecular weight is 370 g/mol. The Morgan fingerprint density at radius 3 is 2.81 bits per heavy atom. The zero-order valence-electron chi connectivity index (χ0n) is 13.7. The number of rotatable bonds is 4. The molecule has 1 aromatic heterocycles. The van der Waals surface area contributed by atoms with E-state index in [9.17, 15) is 9.18 Å². The number of benzene rings is 2. The molecule has 0 bridgehead atoms. The summed E-state index contributed by atoms with van der Waals surface area (Å²) in [7, 11) is 0. The molecule has 1 amide bonds. The van der Waals surface area contributed by atoms with Gasteiger partial charge in [-0.1, -0.05) is 12.1 Å². The first-order valence-electron chi connectivity index (χ1n) is 8.08. The summed E-state index contributed by atoms with van der Waals surface area (Å²) in [4.78, 5) is 16.6. The van der Waals surface area contributed by atoms with E-state index in [2.05, 4.69) is 10.3 Å². The van der Waals surface area contributed by atoms with Crippen molar-refractivity contribution in [1.29, 1.82) is 0 Å². The number of carbonyl (C=O) groups excluding carboxylic acids is 1. The van der Waals surface area contributed by atoms with Gasteiger partial charge in [-0.15, -0.1) is 11.3 Å².